The second-order valence-electron chi connectivity index (χ2n) is 3.69. The Morgan fingerprint density at radius 3 is 2.42 bits per heavy atom. The molecule has 0 unspecified atom stereocenters. The molecule has 7 heteroatoms. The topological polar surface area (TPSA) is 46.2 Å². The average Bonchev–Trinajstić information content (AvgIpc) is 2.27. The second kappa shape index (κ2) is 5.71. The van der Waals surface area contributed by atoms with Gasteiger partial charge in [0.15, 0.2) is 0 Å². The molecule has 0 bridgehead atoms. The van der Waals surface area contributed by atoms with Gasteiger partial charge in [0.05, 0.1) is 10.7 Å². The van der Waals surface area contributed by atoms with Crippen molar-refractivity contribution in [3.8, 4) is 0 Å². The number of rotatable bonds is 3. The number of nitrogens with one attached hydrogen (secondary N) is 1. The first-order valence-corrected chi connectivity index (χ1v) is 8.15. The number of sulfonamides is 1. The maximum atomic E-state index is 12.2. The minimum absolute atomic E-state index is 0.0114. The SMILES string of the molecule is O=S(=O)(Nc1cccc(Cl)c1)c1ccc(Br)cc1Cl. The van der Waals surface area contributed by atoms with Crippen molar-refractivity contribution in [1.29, 1.82) is 0 Å². The van der Waals surface area contributed by atoms with Crippen molar-refractivity contribution in [2.75, 3.05) is 4.72 Å². The van der Waals surface area contributed by atoms with Crippen LogP contribution in [0.2, 0.25) is 10.0 Å². The van der Waals surface area contributed by atoms with Crippen LogP contribution in [0.4, 0.5) is 5.69 Å². The summed E-state index contributed by atoms with van der Waals surface area (Å²) in [5, 5.41) is 0.589. The second-order valence-corrected chi connectivity index (χ2v) is 7.10. The average molecular weight is 381 g/mol. The molecule has 0 spiro atoms. The lowest BCUT2D eigenvalue weighted by Gasteiger charge is -2.09. The fraction of sp³-hybridized carbons (Fsp3) is 0. The van der Waals surface area contributed by atoms with Crippen molar-refractivity contribution in [3.05, 3.63) is 57.0 Å². The van der Waals surface area contributed by atoms with Gasteiger partial charge in [-0.2, -0.15) is 0 Å². The third kappa shape index (κ3) is 3.63. The van der Waals surface area contributed by atoms with Crippen LogP contribution in [0.5, 0.6) is 0 Å². The van der Waals surface area contributed by atoms with Crippen molar-refractivity contribution in [3.63, 3.8) is 0 Å². The Morgan fingerprint density at radius 1 is 1.05 bits per heavy atom. The van der Waals surface area contributed by atoms with Crippen molar-refractivity contribution < 1.29 is 8.42 Å². The summed E-state index contributed by atoms with van der Waals surface area (Å²) in [5.74, 6) is 0. The highest BCUT2D eigenvalue weighted by atomic mass is 79.9. The molecule has 0 radical (unpaired) electrons. The van der Waals surface area contributed by atoms with Gasteiger partial charge in [0.1, 0.15) is 4.90 Å². The van der Waals surface area contributed by atoms with E-state index in [4.69, 9.17) is 23.2 Å². The molecular formula is C12H8BrCl2NO2S. The third-order valence-electron chi connectivity index (χ3n) is 2.26. The standard InChI is InChI=1S/C12H8BrCl2NO2S/c13-8-4-5-12(11(15)6-8)19(17,18)16-10-3-1-2-9(14)7-10/h1-7,16H. The molecule has 3 nitrogen and oxygen atoms in total. The molecule has 1 N–H and O–H groups in total. The summed E-state index contributed by atoms with van der Waals surface area (Å²) >= 11 is 15.0. The van der Waals surface area contributed by atoms with E-state index in [1.54, 1.807) is 24.3 Å². The predicted octanol–water partition coefficient (Wildman–Crippen LogP) is 4.56. The maximum absolute atomic E-state index is 12.2. The number of hydrogen-bond acceptors (Lipinski definition) is 2. The van der Waals surface area contributed by atoms with E-state index in [0.29, 0.717) is 15.2 Å². The highest BCUT2D eigenvalue weighted by Gasteiger charge is 2.18. The molecule has 100 valence electrons. The van der Waals surface area contributed by atoms with E-state index in [9.17, 15) is 8.42 Å². The summed E-state index contributed by atoms with van der Waals surface area (Å²) in [6.07, 6.45) is 0. The van der Waals surface area contributed by atoms with Crippen LogP contribution in [-0.2, 0) is 10.0 Å². The molecular weight excluding hydrogens is 373 g/mol. The van der Waals surface area contributed by atoms with Crippen LogP contribution in [0.15, 0.2) is 51.8 Å². The molecule has 0 aliphatic heterocycles. The zero-order valence-corrected chi connectivity index (χ0v) is 13.3. The third-order valence-corrected chi connectivity index (χ3v) is 4.85. The van der Waals surface area contributed by atoms with Crippen LogP contribution in [0.25, 0.3) is 0 Å². The Balaban J connectivity index is 2.38. The molecule has 0 aliphatic rings. The molecule has 0 amide bonds. The molecule has 0 saturated carbocycles. The van der Waals surface area contributed by atoms with Crippen LogP contribution in [0, 0.1) is 0 Å². The van der Waals surface area contributed by atoms with Gasteiger partial charge in [-0.25, -0.2) is 8.42 Å². The zero-order chi connectivity index (χ0) is 14.0. The van der Waals surface area contributed by atoms with Crippen LogP contribution < -0.4 is 4.72 Å². The van der Waals surface area contributed by atoms with E-state index in [1.807, 2.05) is 0 Å². The Labute approximate surface area is 129 Å². The predicted molar refractivity (Wildman–Crippen MR) is 81.4 cm³/mol. The van der Waals surface area contributed by atoms with Gasteiger partial charge in [-0.1, -0.05) is 45.2 Å². The largest absolute Gasteiger partial charge is 0.280 e. The van der Waals surface area contributed by atoms with E-state index < -0.39 is 10.0 Å². The maximum Gasteiger partial charge on any atom is 0.263 e. The summed E-state index contributed by atoms with van der Waals surface area (Å²) in [6.45, 7) is 0. The van der Waals surface area contributed by atoms with E-state index in [1.165, 1.54) is 18.2 Å². The van der Waals surface area contributed by atoms with Crippen LogP contribution >= 0.6 is 39.1 Å². The van der Waals surface area contributed by atoms with Crippen molar-refractivity contribution in [2.45, 2.75) is 4.90 Å². The summed E-state index contributed by atoms with van der Waals surface area (Å²) < 4.78 is 27.5. The quantitative estimate of drug-likeness (QED) is 0.848. The first kappa shape index (κ1) is 14.7. The minimum atomic E-state index is -3.74. The summed E-state index contributed by atoms with van der Waals surface area (Å²) in [6, 6.07) is 11.0. The smallest absolute Gasteiger partial charge is 0.263 e. The Morgan fingerprint density at radius 2 is 1.79 bits per heavy atom. The van der Waals surface area contributed by atoms with Gasteiger partial charge in [0.25, 0.3) is 10.0 Å². The number of hydrogen-bond donors (Lipinski definition) is 1. The fourth-order valence-electron chi connectivity index (χ4n) is 1.46. The summed E-state index contributed by atoms with van der Waals surface area (Å²) in [7, 11) is -3.74. The van der Waals surface area contributed by atoms with Crippen LogP contribution in [0.3, 0.4) is 0 Å². The number of halogens is 3. The van der Waals surface area contributed by atoms with E-state index in [2.05, 4.69) is 20.7 Å². The van der Waals surface area contributed by atoms with Gasteiger partial charge in [0.2, 0.25) is 0 Å². The monoisotopic (exact) mass is 379 g/mol. The van der Waals surface area contributed by atoms with Gasteiger partial charge < -0.3 is 0 Å². The van der Waals surface area contributed by atoms with Gasteiger partial charge in [-0.05, 0) is 36.4 Å². The molecule has 2 aromatic carbocycles. The lowest BCUT2D eigenvalue weighted by molar-refractivity contribution is 0.601. The summed E-state index contributed by atoms with van der Waals surface area (Å²) in [4.78, 5) is 0.0114. The molecule has 2 aromatic rings. The van der Waals surface area contributed by atoms with Crippen LogP contribution in [-0.4, -0.2) is 8.42 Å². The van der Waals surface area contributed by atoms with Gasteiger partial charge in [0, 0.05) is 9.50 Å². The fourth-order valence-corrected chi connectivity index (χ4v) is 3.73. The molecule has 0 saturated heterocycles. The zero-order valence-electron chi connectivity index (χ0n) is 9.40. The van der Waals surface area contributed by atoms with Gasteiger partial charge in [-0.3, -0.25) is 4.72 Å². The molecule has 0 aromatic heterocycles. The number of anilines is 1. The molecule has 0 heterocycles. The molecule has 0 fully saturated rings. The van der Waals surface area contributed by atoms with Gasteiger partial charge >= 0.3 is 0 Å². The Kier molecular flexibility index (Phi) is 4.40. The van der Waals surface area contributed by atoms with Crippen molar-refractivity contribution in [1.82, 2.24) is 0 Å². The number of benzene rings is 2. The lowest BCUT2D eigenvalue weighted by Crippen LogP contribution is -2.13. The Bertz CT molecular complexity index is 719. The molecule has 19 heavy (non-hydrogen) atoms. The first-order valence-electron chi connectivity index (χ1n) is 5.12. The van der Waals surface area contributed by atoms with Crippen molar-refractivity contribution >= 4 is 54.8 Å². The van der Waals surface area contributed by atoms with E-state index in [0.717, 1.165) is 0 Å². The first-order chi connectivity index (χ1) is 8.88. The highest BCUT2D eigenvalue weighted by Crippen LogP contribution is 2.27. The van der Waals surface area contributed by atoms with Crippen molar-refractivity contribution in [2.24, 2.45) is 0 Å². The molecule has 0 atom stereocenters. The normalized spacial score (nSPS) is 11.3. The van der Waals surface area contributed by atoms with E-state index >= 15 is 0 Å². The highest BCUT2D eigenvalue weighted by molar-refractivity contribution is 9.10. The summed E-state index contributed by atoms with van der Waals surface area (Å²) in [5.41, 5.74) is 0.381. The lowest BCUT2D eigenvalue weighted by atomic mass is 10.3. The van der Waals surface area contributed by atoms with Crippen LogP contribution in [0.1, 0.15) is 0 Å². The Hall–Kier alpha value is -0.750. The van der Waals surface area contributed by atoms with Gasteiger partial charge in [-0.15, -0.1) is 0 Å². The molecule has 0 aliphatic carbocycles. The molecule has 2 rings (SSSR count). The minimum Gasteiger partial charge on any atom is -0.280 e. The van der Waals surface area contributed by atoms with E-state index in [-0.39, 0.29) is 9.92 Å².